The van der Waals surface area contributed by atoms with Crippen LogP contribution in [0.4, 0.5) is 13.2 Å². The number of rotatable bonds is 2. The van der Waals surface area contributed by atoms with Crippen molar-refractivity contribution in [2.75, 3.05) is 6.61 Å². The Kier molecular flexibility index (Phi) is 3.30. The molecule has 0 bridgehead atoms. The number of hydrogen-bond donors (Lipinski definition) is 1. The van der Waals surface area contributed by atoms with Crippen LogP contribution < -0.4 is 5.32 Å². The minimum Gasteiger partial charge on any atom is -0.363 e. The summed E-state index contributed by atoms with van der Waals surface area (Å²) in [6.45, 7) is 2.46. The molecule has 0 unspecified atom stereocenters. The molecule has 104 valence electrons. The van der Waals surface area contributed by atoms with Gasteiger partial charge in [0.2, 0.25) is 0 Å². The zero-order chi connectivity index (χ0) is 14.3. The summed E-state index contributed by atoms with van der Waals surface area (Å²) in [5, 5.41) is 2.22. The molecule has 1 atom stereocenters. The Balaban J connectivity index is 2.47. The summed E-state index contributed by atoms with van der Waals surface area (Å²) < 4.78 is 45.8. The van der Waals surface area contributed by atoms with Gasteiger partial charge in [-0.2, -0.15) is 0 Å². The molecule has 0 aromatic heterocycles. The van der Waals surface area contributed by atoms with E-state index in [9.17, 15) is 18.0 Å². The van der Waals surface area contributed by atoms with Gasteiger partial charge in [-0.15, -0.1) is 0 Å². The number of carbonyl (C=O) groups is 1. The molecule has 1 N–H and O–H groups in total. The van der Waals surface area contributed by atoms with Gasteiger partial charge in [-0.25, -0.2) is 13.2 Å². The fourth-order valence-corrected chi connectivity index (χ4v) is 1.95. The van der Waals surface area contributed by atoms with E-state index in [0.29, 0.717) is 0 Å². The summed E-state index contributed by atoms with van der Waals surface area (Å²) >= 11 is 0. The van der Waals surface area contributed by atoms with Gasteiger partial charge in [0.15, 0.2) is 5.54 Å². The number of alkyl halides is 2. The molecule has 3 nitrogen and oxygen atoms in total. The number of morpholine rings is 1. The third-order valence-electron chi connectivity index (χ3n) is 3.27. The summed E-state index contributed by atoms with van der Waals surface area (Å²) in [5.74, 6) is -1.49. The highest BCUT2D eigenvalue weighted by Crippen LogP contribution is 2.35. The summed E-state index contributed by atoms with van der Waals surface area (Å²) in [6, 6.07) is 5.14. The first-order chi connectivity index (χ1) is 8.79. The molecule has 0 spiro atoms. The minimum absolute atomic E-state index is 0.270. The maximum absolute atomic E-state index is 13.8. The second-order valence-electron chi connectivity index (χ2n) is 5.01. The van der Waals surface area contributed by atoms with E-state index in [1.165, 1.54) is 32.0 Å². The van der Waals surface area contributed by atoms with Crippen LogP contribution in [0.3, 0.4) is 0 Å². The van der Waals surface area contributed by atoms with Crippen LogP contribution >= 0.6 is 0 Å². The quantitative estimate of drug-likeness (QED) is 0.897. The van der Waals surface area contributed by atoms with Crippen molar-refractivity contribution in [1.82, 2.24) is 5.32 Å². The van der Waals surface area contributed by atoms with Crippen LogP contribution in [-0.2, 0) is 15.1 Å². The third kappa shape index (κ3) is 2.20. The fraction of sp³-hybridized carbons (Fsp3) is 0.462. The van der Waals surface area contributed by atoms with Gasteiger partial charge in [0.1, 0.15) is 11.4 Å². The van der Waals surface area contributed by atoms with E-state index in [2.05, 4.69) is 5.32 Å². The van der Waals surface area contributed by atoms with Crippen LogP contribution in [0.2, 0.25) is 0 Å². The first-order valence-electron chi connectivity index (χ1n) is 5.79. The Hall–Kier alpha value is -1.56. The lowest BCUT2D eigenvalue weighted by molar-refractivity contribution is -0.172. The Labute approximate surface area is 108 Å². The van der Waals surface area contributed by atoms with Crippen molar-refractivity contribution in [3.05, 3.63) is 35.6 Å². The molecule has 0 saturated carbocycles. The maximum atomic E-state index is 13.8. The van der Waals surface area contributed by atoms with Crippen molar-refractivity contribution < 1.29 is 22.7 Å². The lowest BCUT2D eigenvalue weighted by atomic mass is 9.87. The van der Waals surface area contributed by atoms with Gasteiger partial charge in [-0.3, -0.25) is 4.79 Å². The molecule has 2 rings (SSSR count). The number of carbonyl (C=O) groups excluding carboxylic acids is 1. The lowest BCUT2D eigenvalue weighted by Crippen LogP contribution is -2.65. The van der Waals surface area contributed by atoms with Crippen LogP contribution in [0.25, 0.3) is 0 Å². The van der Waals surface area contributed by atoms with Crippen molar-refractivity contribution in [3.8, 4) is 0 Å². The van der Waals surface area contributed by atoms with E-state index in [4.69, 9.17) is 4.74 Å². The average Bonchev–Trinajstić information content (AvgIpc) is 2.33. The van der Waals surface area contributed by atoms with Gasteiger partial charge < -0.3 is 10.1 Å². The zero-order valence-electron chi connectivity index (χ0n) is 10.5. The largest absolute Gasteiger partial charge is 0.363 e. The molecule has 1 aliphatic rings. The second-order valence-corrected chi connectivity index (χ2v) is 5.01. The van der Waals surface area contributed by atoms with E-state index < -0.39 is 35.9 Å². The Morgan fingerprint density at radius 1 is 1.32 bits per heavy atom. The van der Waals surface area contributed by atoms with Gasteiger partial charge >= 0.3 is 0 Å². The second kappa shape index (κ2) is 4.52. The highest BCUT2D eigenvalue weighted by Gasteiger charge is 2.52. The van der Waals surface area contributed by atoms with Crippen molar-refractivity contribution in [2.24, 2.45) is 0 Å². The smallest absolute Gasteiger partial charge is 0.267 e. The lowest BCUT2D eigenvalue weighted by Gasteiger charge is -2.43. The third-order valence-corrected chi connectivity index (χ3v) is 3.27. The van der Waals surface area contributed by atoms with Crippen LogP contribution in [-0.4, -0.2) is 24.5 Å². The number of nitrogens with one attached hydrogen (secondary N) is 1. The van der Waals surface area contributed by atoms with Crippen LogP contribution in [0.5, 0.6) is 0 Å². The summed E-state index contributed by atoms with van der Waals surface area (Å²) in [6.07, 6.45) is -2.98. The summed E-state index contributed by atoms with van der Waals surface area (Å²) in [7, 11) is 0. The van der Waals surface area contributed by atoms with Crippen molar-refractivity contribution >= 4 is 5.91 Å². The molecule has 1 amide bonds. The molecule has 0 radical (unpaired) electrons. The number of amides is 1. The maximum Gasteiger partial charge on any atom is 0.267 e. The number of benzene rings is 1. The SMILES string of the molecule is CC1(C)OC[C@](c2ccccc2F)(C(F)F)NC1=O. The molecule has 0 aliphatic carbocycles. The summed E-state index contributed by atoms with van der Waals surface area (Å²) in [4.78, 5) is 11.8. The number of halogens is 3. The van der Waals surface area contributed by atoms with Gasteiger partial charge in [0.05, 0.1) is 6.61 Å². The van der Waals surface area contributed by atoms with E-state index in [-0.39, 0.29) is 5.56 Å². The van der Waals surface area contributed by atoms with Crippen molar-refractivity contribution in [3.63, 3.8) is 0 Å². The first-order valence-corrected chi connectivity index (χ1v) is 5.79. The summed E-state index contributed by atoms with van der Waals surface area (Å²) in [5.41, 5.74) is -3.62. The first kappa shape index (κ1) is 13.9. The van der Waals surface area contributed by atoms with Crippen molar-refractivity contribution in [2.45, 2.75) is 31.4 Å². The van der Waals surface area contributed by atoms with Crippen molar-refractivity contribution in [1.29, 1.82) is 0 Å². The molecule has 1 aromatic carbocycles. The monoisotopic (exact) mass is 273 g/mol. The Morgan fingerprint density at radius 2 is 1.95 bits per heavy atom. The Morgan fingerprint density at radius 3 is 2.47 bits per heavy atom. The predicted octanol–water partition coefficient (Wildman–Crippen LogP) is 2.21. The van der Waals surface area contributed by atoms with Gasteiger partial charge in [0.25, 0.3) is 12.3 Å². The molecule has 1 fully saturated rings. The molecular formula is C13H14F3NO2. The number of hydrogen-bond acceptors (Lipinski definition) is 2. The van der Waals surface area contributed by atoms with E-state index in [1.807, 2.05) is 0 Å². The van der Waals surface area contributed by atoms with Gasteiger partial charge in [-0.1, -0.05) is 18.2 Å². The molecule has 1 aliphatic heterocycles. The number of ether oxygens (including phenoxy) is 1. The molecule has 1 heterocycles. The average molecular weight is 273 g/mol. The molecule has 1 saturated heterocycles. The minimum atomic E-state index is -2.98. The fourth-order valence-electron chi connectivity index (χ4n) is 1.95. The zero-order valence-corrected chi connectivity index (χ0v) is 10.5. The molecule has 1 aromatic rings. The van der Waals surface area contributed by atoms with E-state index in [0.717, 1.165) is 6.07 Å². The van der Waals surface area contributed by atoms with E-state index in [1.54, 1.807) is 0 Å². The topological polar surface area (TPSA) is 38.3 Å². The molecule has 19 heavy (non-hydrogen) atoms. The molecular weight excluding hydrogens is 259 g/mol. The predicted molar refractivity (Wildman–Crippen MR) is 62.3 cm³/mol. The molecule has 6 heteroatoms. The van der Waals surface area contributed by atoms with Gasteiger partial charge in [0, 0.05) is 5.56 Å². The van der Waals surface area contributed by atoms with Crippen LogP contribution in [0, 0.1) is 5.82 Å². The Bertz CT molecular complexity index is 504. The van der Waals surface area contributed by atoms with Crippen LogP contribution in [0.15, 0.2) is 24.3 Å². The van der Waals surface area contributed by atoms with E-state index >= 15 is 0 Å². The standard InChI is InChI=1S/C13H14F3NO2/c1-12(2)11(18)17-13(7-19-12,10(15)16)8-5-3-4-6-9(8)14/h3-6,10H,7H2,1-2H3,(H,17,18)/t13-/m0/s1. The highest BCUT2D eigenvalue weighted by molar-refractivity contribution is 5.86. The van der Waals surface area contributed by atoms with Crippen LogP contribution in [0.1, 0.15) is 19.4 Å². The van der Waals surface area contributed by atoms with Gasteiger partial charge in [-0.05, 0) is 19.9 Å². The highest BCUT2D eigenvalue weighted by atomic mass is 19.3. The normalized spacial score (nSPS) is 26.3.